The number of hydrogen-bond donors (Lipinski definition) is 1. The molecule has 1 heterocycles. The standard InChI is InChI=1S/C17H16N2O4/c1-11(10-23-2)19-9-13(7-12(8-18)17(19)22)16(21)14-5-3-4-6-15(14)20/h3-7,9,11,20H,10H2,1-2H3/t11-/m0/s1. The van der Waals surface area contributed by atoms with Gasteiger partial charge in [0.2, 0.25) is 0 Å². The van der Waals surface area contributed by atoms with E-state index in [1.54, 1.807) is 25.1 Å². The van der Waals surface area contributed by atoms with Crippen molar-refractivity contribution in [1.82, 2.24) is 4.57 Å². The van der Waals surface area contributed by atoms with Gasteiger partial charge < -0.3 is 14.4 Å². The lowest BCUT2D eigenvalue weighted by Gasteiger charge is -2.16. The normalized spacial score (nSPS) is 11.7. The SMILES string of the molecule is COC[C@H](C)n1cc(C(=O)c2ccccc2O)cc(C#N)c1=O. The smallest absolute Gasteiger partial charge is 0.268 e. The van der Waals surface area contributed by atoms with E-state index in [0.717, 1.165) is 0 Å². The molecule has 0 aliphatic rings. The Morgan fingerprint density at radius 1 is 1.43 bits per heavy atom. The average molecular weight is 312 g/mol. The average Bonchev–Trinajstić information content (AvgIpc) is 2.55. The highest BCUT2D eigenvalue weighted by molar-refractivity contribution is 6.10. The molecule has 0 saturated carbocycles. The van der Waals surface area contributed by atoms with Crippen LogP contribution in [0.5, 0.6) is 5.75 Å². The summed E-state index contributed by atoms with van der Waals surface area (Å²) in [5, 5.41) is 18.9. The van der Waals surface area contributed by atoms with Crippen molar-refractivity contribution in [3.63, 3.8) is 0 Å². The summed E-state index contributed by atoms with van der Waals surface area (Å²) < 4.78 is 6.32. The number of para-hydroxylation sites is 1. The van der Waals surface area contributed by atoms with Gasteiger partial charge in [-0.1, -0.05) is 12.1 Å². The second-order valence-corrected chi connectivity index (χ2v) is 5.12. The Labute approximate surface area is 133 Å². The number of carbonyl (C=O) groups is 1. The van der Waals surface area contributed by atoms with Crippen molar-refractivity contribution < 1.29 is 14.6 Å². The maximum Gasteiger partial charge on any atom is 0.268 e. The molecule has 0 saturated heterocycles. The minimum atomic E-state index is -0.481. The van der Waals surface area contributed by atoms with Crippen molar-refractivity contribution in [2.24, 2.45) is 0 Å². The Bertz CT molecular complexity index is 833. The van der Waals surface area contributed by atoms with Gasteiger partial charge in [-0.25, -0.2) is 0 Å². The zero-order chi connectivity index (χ0) is 17.0. The maximum atomic E-state index is 12.6. The fourth-order valence-electron chi connectivity index (χ4n) is 2.28. The first kappa shape index (κ1) is 16.5. The summed E-state index contributed by atoms with van der Waals surface area (Å²) in [6, 6.07) is 8.83. The zero-order valence-electron chi connectivity index (χ0n) is 12.8. The van der Waals surface area contributed by atoms with Crippen LogP contribution >= 0.6 is 0 Å². The van der Waals surface area contributed by atoms with Crippen LogP contribution < -0.4 is 5.56 Å². The predicted molar refractivity (Wildman–Crippen MR) is 83.5 cm³/mol. The fraction of sp³-hybridized carbons (Fsp3) is 0.235. The zero-order valence-corrected chi connectivity index (χ0v) is 12.8. The molecule has 0 amide bonds. The molecule has 2 rings (SSSR count). The number of methoxy groups -OCH3 is 1. The number of aromatic nitrogens is 1. The van der Waals surface area contributed by atoms with E-state index >= 15 is 0 Å². The first-order valence-corrected chi connectivity index (χ1v) is 6.97. The quantitative estimate of drug-likeness (QED) is 0.851. The van der Waals surface area contributed by atoms with Crippen LogP contribution in [0, 0.1) is 11.3 Å². The van der Waals surface area contributed by atoms with E-state index in [4.69, 9.17) is 10.00 Å². The lowest BCUT2D eigenvalue weighted by atomic mass is 10.0. The number of nitriles is 1. The molecule has 6 heteroatoms. The minimum Gasteiger partial charge on any atom is -0.507 e. The van der Waals surface area contributed by atoms with Crippen LogP contribution in [-0.2, 0) is 4.74 Å². The largest absolute Gasteiger partial charge is 0.507 e. The van der Waals surface area contributed by atoms with Crippen molar-refractivity contribution in [3.8, 4) is 11.8 Å². The van der Waals surface area contributed by atoms with Gasteiger partial charge in [0.05, 0.1) is 18.2 Å². The summed E-state index contributed by atoms with van der Waals surface area (Å²) in [6.07, 6.45) is 1.39. The molecule has 1 aromatic heterocycles. The lowest BCUT2D eigenvalue weighted by molar-refractivity contribution is 0.103. The van der Waals surface area contributed by atoms with E-state index in [0.29, 0.717) is 0 Å². The maximum absolute atomic E-state index is 12.6. The topological polar surface area (TPSA) is 92.3 Å². The molecule has 0 radical (unpaired) electrons. The Kier molecular flexibility index (Phi) is 4.94. The van der Waals surface area contributed by atoms with Gasteiger partial charge in [-0.2, -0.15) is 5.26 Å². The van der Waals surface area contributed by atoms with Crippen LogP contribution in [-0.4, -0.2) is 29.2 Å². The number of benzene rings is 1. The summed E-state index contributed by atoms with van der Waals surface area (Å²) in [5.41, 5.74) is -0.341. The van der Waals surface area contributed by atoms with Crippen molar-refractivity contribution in [2.45, 2.75) is 13.0 Å². The molecule has 0 fully saturated rings. The van der Waals surface area contributed by atoms with E-state index in [9.17, 15) is 14.7 Å². The second kappa shape index (κ2) is 6.90. The van der Waals surface area contributed by atoms with Gasteiger partial charge in [-0.3, -0.25) is 9.59 Å². The Morgan fingerprint density at radius 3 is 2.74 bits per heavy atom. The van der Waals surface area contributed by atoms with Gasteiger partial charge in [0, 0.05) is 18.9 Å². The molecule has 0 spiro atoms. The first-order valence-electron chi connectivity index (χ1n) is 6.97. The van der Waals surface area contributed by atoms with E-state index in [2.05, 4.69) is 0 Å². The fourth-order valence-corrected chi connectivity index (χ4v) is 2.28. The molecule has 0 aliphatic carbocycles. The predicted octanol–water partition coefficient (Wildman–Crippen LogP) is 1.86. The van der Waals surface area contributed by atoms with E-state index < -0.39 is 11.3 Å². The molecule has 118 valence electrons. The summed E-state index contributed by atoms with van der Waals surface area (Å²) in [4.78, 5) is 24.8. The molecular formula is C17H16N2O4. The summed E-state index contributed by atoms with van der Waals surface area (Å²) >= 11 is 0. The molecule has 1 aromatic carbocycles. The molecule has 1 atom stereocenters. The van der Waals surface area contributed by atoms with Crippen molar-refractivity contribution in [3.05, 3.63) is 63.6 Å². The van der Waals surface area contributed by atoms with Crippen LogP contribution in [0.1, 0.15) is 34.5 Å². The molecule has 6 nitrogen and oxygen atoms in total. The molecule has 0 aliphatic heterocycles. The number of ether oxygens (including phenoxy) is 1. The van der Waals surface area contributed by atoms with Crippen molar-refractivity contribution >= 4 is 5.78 Å². The summed E-state index contributed by atoms with van der Waals surface area (Å²) in [7, 11) is 1.50. The lowest BCUT2D eigenvalue weighted by Crippen LogP contribution is -2.28. The highest BCUT2D eigenvalue weighted by atomic mass is 16.5. The summed E-state index contributed by atoms with van der Waals surface area (Å²) in [5.74, 6) is -0.614. The number of rotatable bonds is 5. The van der Waals surface area contributed by atoms with Crippen LogP contribution in [0.25, 0.3) is 0 Å². The molecule has 0 bridgehead atoms. The van der Waals surface area contributed by atoms with E-state index in [1.165, 1.54) is 36.1 Å². The molecule has 2 aromatic rings. The molecule has 23 heavy (non-hydrogen) atoms. The number of carbonyl (C=O) groups excluding carboxylic acids is 1. The number of aromatic hydroxyl groups is 1. The van der Waals surface area contributed by atoms with E-state index in [-0.39, 0.29) is 35.1 Å². The van der Waals surface area contributed by atoms with Gasteiger partial charge in [0.15, 0.2) is 5.78 Å². The van der Waals surface area contributed by atoms with Crippen molar-refractivity contribution in [2.75, 3.05) is 13.7 Å². The number of hydrogen-bond acceptors (Lipinski definition) is 5. The van der Waals surface area contributed by atoms with Gasteiger partial charge >= 0.3 is 0 Å². The Hall–Kier alpha value is -2.91. The summed E-state index contributed by atoms with van der Waals surface area (Å²) in [6.45, 7) is 2.01. The number of phenolic OH excluding ortho intramolecular Hbond substituents is 1. The minimum absolute atomic E-state index is 0.112. The number of ketones is 1. The number of phenols is 1. The molecule has 0 unspecified atom stereocenters. The molecule has 1 N–H and O–H groups in total. The van der Waals surface area contributed by atoms with Crippen LogP contribution in [0.3, 0.4) is 0 Å². The third-order valence-corrected chi connectivity index (χ3v) is 3.46. The number of pyridine rings is 1. The Balaban J connectivity index is 2.58. The first-order chi connectivity index (χ1) is 11.0. The van der Waals surface area contributed by atoms with Crippen molar-refractivity contribution in [1.29, 1.82) is 5.26 Å². The highest BCUT2D eigenvalue weighted by Crippen LogP contribution is 2.20. The van der Waals surface area contributed by atoms with E-state index in [1.807, 2.05) is 0 Å². The van der Waals surface area contributed by atoms with Gasteiger partial charge in [0.1, 0.15) is 17.4 Å². The molecular weight excluding hydrogens is 296 g/mol. The highest BCUT2D eigenvalue weighted by Gasteiger charge is 2.18. The second-order valence-electron chi connectivity index (χ2n) is 5.12. The third kappa shape index (κ3) is 3.30. The Morgan fingerprint density at radius 2 is 2.13 bits per heavy atom. The van der Waals surface area contributed by atoms with Crippen LogP contribution in [0.4, 0.5) is 0 Å². The number of nitrogens with zero attached hydrogens (tertiary/aromatic N) is 2. The third-order valence-electron chi connectivity index (χ3n) is 3.46. The van der Waals surface area contributed by atoms with Gasteiger partial charge in [-0.05, 0) is 25.1 Å². The van der Waals surface area contributed by atoms with Crippen LogP contribution in [0.15, 0.2) is 41.3 Å². The van der Waals surface area contributed by atoms with Gasteiger partial charge in [-0.15, -0.1) is 0 Å². The van der Waals surface area contributed by atoms with Gasteiger partial charge in [0.25, 0.3) is 5.56 Å². The monoisotopic (exact) mass is 312 g/mol. The van der Waals surface area contributed by atoms with Crippen LogP contribution in [0.2, 0.25) is 0 Å².